The zero-order valence-electron chi connectivity index (χ0n) is 9.81. The molecule has 0 aliphatic rings. The average molecular weight is 248 g/mol. The molecule has 0 saturated carbocycles. The van der Waals surface area contributed by atoms with Gasteiger partial charge in [-0.1, -0.05) is 6.42 Å². The van der Waals surface area contributed by atoms with Crippen LogP contribution in [0.4, 0.5) is 0 Å². The molecule has 0 aromatic rings. The first-order chi connectivity index (χ1) is 7.43. The van der Waals surface area contributed by atoms with Crippen molar-refractivity contribution >= 4 is 21.7 Å². The van der Waals surface area contributed by atoms with Crippen LogP contribution in [-0.4, -0.2) is 38.0 Å². The van der Waals surface area contributed by atoms with Crippen LogP contribution in [0.25, 0.3) is 0 Å². The van der Waals surface area contributed by atoms with Crippen molar-refractivity contribution in [3.63, 3.8) is 0 Å². The molecule has 0 heterocycles. The van der Waals surface area contributed by atoms with Gasteiger partial charge in [0.1, 0.15) is 0 Å². The molecule has 0 aliphatic carbocycles. The van der Waals surface area contributed by atoms with Crippen molar-refractivity contribution < 1.29 is 24.2 Å². The third-order valence-electron chi connectivity index (χ3n) is 2.17. The summed E-state index contributed by atoms with van der Waals surface area (Å²) in [6.45, 7) is 3.94. The molecule has 2 N–H and O–H groups in total. The molecule has 1 unspecified atom stereocenters. The van der Waals surface area contributed by atoms with Gasteiger partial charge < -0.3 is 14.6 Å². The van der Waals surface area contributed by atoms with Crippen LogP contribution in [0.1, 0.15) is 33.1 Å². The zero-order chi connectivity index (χ0) is 12.6. The molecule has 5 nitrogen and oxygen atoms in total. The maximum atomic E-state index is 10.7. The summed E-state index contributed by atoms with van der Waals surface area (Å²) < 4.78 is 5.44. The van der Waals surface area contributed by atoms with Gasteiger partial charge in [-0.2, -0.15) is 0 Å². The molecule has 0 saturated heterocycles. The van der Waals surface area contributed by atoms with Gasteiger partial charge >= 0.3 is 11.9 Å². The fourth-order valence-electron chi connectivity index (χ4n) is 1.34. The molecule has 0 amide bonds. The van der Waals surface area contributed by atoms with Gasteiger partial charge in [0.15, 0.2) is 9.76 Å². The quantitative estimate of drug-likeness (QED) is 0.467. The predicted octanol–water partition coefficient (Wildman–Crippen LogP) is 0.869. The Morgan fingerprint density at radius 3 is 2.38 bits per heavy atom. The average Bonchev–Trinajstić information content (AvgIpc) is 2.14. The second kappa shape index (κ2) is 8.29. The minimum atomic E-state index is -1.05. The van der Waals surface area contributed by atoms with Crippen molar-refractivity contribution in [3.8, 4) is 0 Å². The van der Waals surface area contributed by atoms with Crippen molar-refractivity contribution in [1.29, 1.82) is 0 Å². The van der Waals surface area contributed by atoms with E-state index in [2.05, 4.69) is 0 Å². The van der Waals surface area contributed by atoms with Gasteiger partial charge in [-0.3, -0.25) is 9.59 Å². The summed E-state index contributed by atoms with van der Waals surface area (Å²) in [5.41, 5.74) is 0. The van der Waals surface area contributed by atoms with Gasteiger partial charge in [-0.15, -0.1) is 0 Å². The molecule has 0 fully saturated rings. The molecule has 0 aromatic heterocycles. The van der Waals surface area contributed by atoms with E-state index in [9.17, 15) is 9.59 Å². The van der Waals surface area contributed by atoms with Crippen molar-refractivity contribution in [3.05, 3.63) is 0 Å². The van der Waals surface area contributed by atoms with Gasteiger partial charge in [-0.25, -0.2) is 0 Å². The Kier molecular flexibility index (Phi) is 7.83. The maximum absolute atomic E-state index is 10.7. The molecule has 0 aliphatic heterocycles. The third kappa shape index (κ3) is 8.43. The van der Waals surface area contributed by atoms with Crippen molar-refractivity contribution in [2.75, 3.05) is 0 Å². The lowest BCUT2D eigenvalue weighted by molar-refractivity contribution is -0.148. The third-order valence-corrected chi connectivity index (χ3v) is 3.86. The summed E-state index contributed by atoms with van der Waals surface area (Å²) in [4.78, 5) is 21.1. The number of hydrogen-bond acceptors (Lipinski definition) is 3. The van der Waals surface area contributed by atoms with E-state index in [0.29, 0.717) is 6.42 Å². The topological polar surface area (TPSA) is 83.8 Å². The van der Waals surface area contributed by atoms with Gasteiger partial charge in [0.05, 0.1) is 12.3 Å². The van der Waals surface area contributed by atoms with E-state index in [1.807, 2.05) is 13.8 Å². The van der Waals surface area contributed by atoms with E-state index in [1.165, 1.54) is 0 Å². The number of hydrogen-bond donors (Lipinski definition) is 2. The minimum absolute atomic E-state index is 0.237. The number of aliphatic carboxylic acids is 2. The summed E-state index contributed by atoms with van der Waals surface area (Å²) in [5.74, 6) is -2.83. The van der Waals surface area contributed by atoms with E-state index in [0.717, 1.165) is 12.5 Å². The summed E-state index contributed by atoms with van der Waals surface area (Å²) in [6, 6.07) is 0.904. The molecule has 16 heavy (non-hydrogen) atoms. The first kappa shape index (κ1) is 15.1. The molecule has 0 spiro atoms. The van der Waals surface area contributed by atoms with Crippen molar-refractivity contribution in [2.24, 2.45) is 5.92 Å². The van der Waals surface area contributed by atoms with Gasteiger partial charge in [0, 0.05) is 6.10 Å². The van der Waals surface area contributed by atoms with E-state index in [4.69, 9.17) is 14.6 Å². The van der Waals surface area contributed by atoms with E-state index in [1.54, 1.807) is 0 Å². The lowest BCUT2D eigenvalue weighted by atomic mass is 10.0. The second-order valence-electron chi connectivity index (χ2n) is 4.05. The SMILES string of the molecule is CC(C)O[SiH2]CCCC(CC(=O)O)C(=O)O. The number of carboxylic acids is 2. The van der Waals surface area contributed by atoms with Gasteiger partial charge in [0.25, 0.3) is 0 Å². The minimum Gasteiger partial charge on any atom is -0.481 e. The van der Waals surface area contributed by atoms with E-state index >= 15 is 0 Å². The molecular weight excluding hydrogens is 228 g/mol. The van der Waals surface area contributed by atoms with Crippen LogP contribution in [0.3, 0.4) is 0 Å². The molecular formula is C10H20O5Si. The van der Waals surface area contributed by atoms with Gasteiger partial charge in [-0.05, 0) is 26.3 Å². The molecule has 6 heteroatoms. The van der Waals surface area contributed by atoms with E-state index in [-0.39, 0.29) is 12.5 Å². The molecule has 0 aromatic carbocycles. The second-order valence-corrected chi connectivity index (χ2v) is 5.50. The Hall–Kier alpha value is -0.883. The fraction of sp³-hybridized carbons (Fsp3) is 0.800. The Bertz CT molecular complexity index is 229. The van der Waals surface area contributed by atoms with E-state index < -0.39 is 27.6 Å². The first-order valence-corrected chi connectivity index (χ1v) is 7.07. The number of rotatable bonds is 9. The summed E-state index contributed by atoms with van der Waals surface area (Å²) in [6.07, 6.45) is 1.11. The highest BCUT2D eigenvalue weighted by molar-refractivity contribution is 6.27. The Balaban J connectivity index is 3.69. The monoisotopic (exact) mass is 248 g/mol. The Morgan fingerprint density at radius 1 is 1.31 bits per heavy atom. The lowest BCUT2D eigenvalue weighted by Crippen LogP contribution is -2.18. The van der Waals surface area contributed by atoms with Crippen LogP contribution >= 0.6 is 0 Å². The van der Waals surface area contributed by atoms with Crippen LogP contribution in [0.2, 0.25) is 6.04 Å². The first-order valence-electron chi connectivity index (χ1n) is 5.49. The summed E-state index contributed by atoms with van der Waals surface area (Å²) >= 11 is 0. The number of carbonyl (C=O) groups is 2. The zero-order valence-corrected chi connectivity index (χ0v) is 11.2. The van der Waals surface area contributed by atoms with Crippen LogP contribution < -0.4 is 0 Å². The van der Waals surface area contributed by atoms with Crippen molar-refractivity contribution in [2.45, 2.75) is 45.3 Å². The van der Waals surface area contributed by atoms with Crippen LogP contribution in [0, 0.1) is 5.92 Å². The highest BCUT2D eigenvalue weighted by Gasteiger charge is 2.20. The largest absolute Gasteiger partial charge is 0.481 e. The van der Waals surface area contributed by atoms with Crippen LogP contribution in [0.15, 0.2) is 0 Å². The molecule has 1 atom stereocenters. The summed E-state index contributed by atoms with van der Waals surface area (Å²) in [7, 11) is -0.571. The predicted molar refractivity (Wildman–Crippen MR) is 62.2 cm³/mol. The van der Waals surface area contributed by atoms with Crippen LogP contribution in [-0.2, 0) is 14.0 Å². The number of carboxylic acid groups (broad SMARTS) is 2. The Labute approximate surface area is 97.7 Å². The summed E-state index contributed by atoms with van der Waals surface area (Å²) in [5, 5.41) is 17.3. The maximum Gasteiger partial charge on any atom is 0.307 e. The fourth-order valence-corrected chi connectivity index (χ4v) is 2.47. The molecule has 0 bridgehead atoms. The molecule has 0 rings (SSSR count). The smallest absolute Gasteiger partial charge is 0.307 e. The molecule has 0 radical (unpaired) electrons. The molecule has 94 valence electrons. The van der Waals surface area contributed by atoms with Gasteiger partial charge in [0.2, 0.25) is 0 Å². The normalized spacial score (nSPS) is 13.4. The Morgan fingerprint density at radius 2 is 1.94 bits per heavy atom. The van der Waals surface area contributed by atoms with Crippen molar-refractivity contribution in [1.82, 2.24) is 0 Å². The highest BCUT2D eigenvalue weighted by atomic mass is 28.2. The standard InChI is InChI=1S/C10H20O5Si/c1-7(2)15-16-5-3-4-8(10(13)14)6-9(11)12/h7-8H,3-6,16H2,1-2H3,(H,11,12)(H,13,14). The van der Waals surface area contributed by atoms with Crippen LogP contribution in [0.5, 0.6) is 0 Å². The highest BCUT2D eigenvalue weighted by Crippen LogP contribution is 2.13. The lowest BCUT2D eigenvalue weighted by Gasteiger charge is -2.10.